The van der Waals surface area contributed by atoms with Gasteiger partial charge in [-0.2, -0.15) is 0 Å². The molecule has 0 aliphatic carbocycles. The van der Waals surface area contributed by atoms with E-state index in [-0.39, 0.29) is 12.6 Å². The van der Waals surface area contributed by atoms with Crippen LogP contribution >= 0.6 is 0 Å². The van der Waals surface area contributed by atoms with Crippen molar-refractivity contribution in [2.24, 2.45) is 5.73 Å². The molecule has 7 heteroatoms. The van der Waals surface area contributed by atoms with E-state index in [2.05, 4.69) is 11.9 Å². The SMILES string of the molecule is C=C1NC(=O)N(C)C=C1[C@@H]1O[C@H](CN)C(O)[C@@H]1O. The van der Waals surface area contributed by atoms with Crippen molar-refractivity contribution in [2.45, 2.75) is 24.4 Å². The van der Waals surface area contributed by atoms with E-state index in [1.54, 1.807) is 7.05 Å². The Kier molecular flexibility index (Phi) is 3.40. The second kappa shape index (κ2) is 4.69. The number of aliphatic hydroxyl groups is 2. The first kappa shape index (κ1) is 13.0. The molecule has 5 N–H and O–H groups in total. The Balaban J connectivity index is 2.24. The van der Waals surface area contributed by atoms with E-state index in [0.717, 1.165) is 0 Å². The van der Waals surface area contributed by atoms with Crippen molar-refractivity contribution in [3.05, 3.63) is 24.0 Å². The number of nitrogens with one attached hydrogen (secondary N) is 1. The van der Waals surface area contributed by atoms with Crippen molar-refractivity contribution >= 4 is 6.03 Å². The average Bonchev–Trinajstić information content (AvgIpc) is 2.61. The highest BCUT2D eigenvalue weighted by Gasteiger charge is 2.45. The Morgan fingerprint density at radius 2 is 2.22 bits per heavy atom. The molecule has 1 fully saturated rings. The topological polar surface area (TPSA) is 108 Å². The van der Waals surface area contributed by atoms with Gasteiger partial charge in [-0.25, -0.2) is 4.79 Å². The summed E-state index contributed by atoms with van der Waals surface area (Å²) >= 11 is 0. The van der Waals surface area contributed by atoms with Crippen molar-refractivity contribution in [3.8, 4) is 0 Å². The summed E-state index contributed by atoms with van der Waals surface area (Å²) in [6, 6.07) is -0.313. The fourth-order valence-electron chi connectivity index (χ4n) is 2.08. The monoisotopic (exact) mass is 255 g/mol. The van der Waals surface area contributed by atoms with E-state index in [1.165, 1.54) is 11.1 Å². The molecule has 1 saturated heterocycles. The van der Waals surface area contributed by atoms with Crippen LogP contribution in [0.3, 0.4) is 0 Å². The van der Waals surface area contributed by atoms with E-state index in [1.807, 2.05) is 0 Å². The van der Waals surface area contributed by atoms with Crippen molar-refractivity contribution in [1.29, 1.82) is 0 Å². The lowest BCUT2D eigenvalue weighted by molar-refractivity contribution is 0.0258. The lowest BCUT2D eigenvalue weighted by Crippen LogP contribution is -2.42. The van der Waals surface area contributed by atoms with Crippen LogP contribution in [0.25, 0.3) is 0 Å². The van der Waals surface area contributed by atoms with Crippen LogP contribution in [-0.4, -0.2) is 59.2 Å². The number of urea groups is 1. The number of carbonyl (C=O) groups is 1. The molecule has 2 amide bonds. The van der Waals surface area contributed by atoms with Crippen molar-refractivity contribution in [1.82, 2.24) is 10.2 Å². The van der Waals surface area contributed by atoms with Gasteiger partial charge in [0.2, 0.25) is 0 Å². The van der Waals surface area contributed by atoms with Crippen LogP contribution in [0, 0.1) is 0 Å². The zero-order valence-corrected chi connectivity index (χ0v) is 10.0. The summed E-state index contributed by atoms with van der Waals surface area (Å²) in [6.07, 6.45) is -1.98. The molecule has 4 atom stereocenters. The molecule has 7 nitrogen and oxygen atoms in total. The number of hydrogen-bond acceptors (Lipinski definition) is 5. The van der Waals surface area contributed by atoms with Gasteiger partial charge in [0.05, 0.1) is 6.10 Å². The van der Waals surface area contributed by atoms with E-state index in [0.29, 0.717) is 11.3 Å². The van der Waals surface area contributed by atoms with Gasteiger partial charge >= 0.3 is 6.03 Å². The van der Waals surface area contributed by atoms with E-state index >= 15 is 0 Å². The molecule has 0 spiro atoms. The third-order valence-corrected chi connectivity index (χ3v) is 3.16. The molecular formula is C11H17N3O4. The summed E-state index contributed by atoms with van der Waals surface area (Å²) in [7, 11) is 1.57. The molecule has 0 saturated carbocycles. The number of rotatable bonds is 2. The number of nitrogens with zero attached hydrogens (tertiary/aromatic N) is 1. The third-order valence-electron chi connectivity index (χ3n) is 3.16. The number of nitrogens with two attached hydrogens (primary N) is 1. The van der Waals surface area contributed by atoms with Gasteiger partial charge in [0.25, 0.3) is 0 Å². The van der Waals surface area contributed by atoms with Crippen LogP contribution in [0.2, 0.25) is 0 Å². The molecular weight excluding hydrogens is 238 g/mol. The summed E-state index contributed by atoms with van der Waals surface area (Å²) in [5.74, 6) is 0. The molecule has 100 valence electrons. The van der Waals surface area contributed by atoms with Gasteiger partial charge in [-0.15, -0.1) is 0 Å². The van der Waals surface area contributed by atoms with Gasteiger partial charge in [0, 0.05) is 31.1 Å². The second-order valence-electron chi connectivity index (χ2n) is 4.42. The van der Waals surface area contributed by atoms with Crippen LogP contribution < -0.4 is 11.1 Å². The fraction of sp³-hybridized carbons (Fsp3) is 0.545. The van der Waals surface area contributed by atoms with Gasteiger partial charge in [-0.3, -0.25) is 0 Å². The van der Waals surface area contributed by atoms with E-state index in [9.17, 15) is 15.0 Å². The maximum Gasteiger partial charge on any atom is 0.325 e. The summed E-state index contributed by atoms with van der Waals surface area (Å²) in [5, 5.41) is 22.2. The maximum absolute atomic E-state index is 11.4. The highest BCUT2D eigenvalue weighted by molar-refractivity contribution is 5.80. The predicted molar refractivity (Wildman–Crippen MR) is 63.2 cm³/mol. The van der Waals surface area contributed by atoms with Gasteiger partial charge in [-0.1, -0.05) is 6.58 Å². The first-order chi connectivity index (χ1) is 8.45. The molecule has 0 bridgehead atoms. The Morgan fingerprint density at radius 1 is 1.56 bits per heavy atom. The molecule has 0 radical (unpaired) electrons. The standard InChI is InChI=1S/C11H17N3O4/c1-5-6(4-14(2)11(17)13-5)10-9(16)8(15)7(3-12)18-10/h4,7-10,15-16H,1,3,12H2,2H3,(H,13,17)/t7-,8?,9+,10+/m1/s1. The Morgan fingerprint density at radius 3 is 2.78 bits per heavy atom. The number of ether oxygens (including phenoxy) is 1. The minimum atomic E-state index is -1.09. The van der Waals surface area contributed by atoms with Crippen molar-refractivity contribution in [3.63, 3.8) is 0 Å². The zero-order chi connectivity index (χ0) is 13.4. The first-order valence-corrected chi connectivity index (χ1v) is 5.62. The second-order valence-corrected chi connectivity index (χ2v) is 4.42. The number of hydrogen-bond donors (Lipinski definition) is 4. The maximum atomic E-state index is 11.4. The Bertz CT molecular complexity index is 409. The Hall–Kier alpha value is -1.41. The van der Waals surface area contributed by atoms with Crippen LogP contribution in [0.15, 0.2) is 24.0 Å². The molecule has 2 aliphatic heterocycles. The summed E-state index contributed by atoms with van der Waals surface area (Å²) in [5.41, 5.74) is 6.33. The molecule has 0 aromatic carbocycles. The predicted octanol–water partition coefficient (Wildman–Crippen LogP) is -1.51. The fourth-order valence-corrected chi connectivity index (χ4v) is 2.08. The average molecular weight is 255 g/mol. The molecule has 0 aromatic heterocycles. The zero-order valence-electron chi connectivity index (χ0n) is 10.0. The van der Waals surface area contributed by atoms with Gasteiger partial charge in [-0.05, 0) is 0 Å². The van der Waals surface area contributed by atoms with Gasteiger partial charge in [0.1, 0.15) is 18.3 Å². The first-order valence-electron chi connectivity index (χ1n) is 5.62. The summed E-state index contributed by atoms with van der Waals surface area (Å²) in [4.78, 5) is 12.7. The smallest absolute Gasteiger partial charge is 0.325 e. The molecule has 2 rings (SSSR count). The van der Waals surface area contributed by atoms with Gasteiger partial charge < -0.3 is 30.9 Å². The van der Waals surface area contributed by atoms with Crippen LogP contribution in [0.5, 0.6) is 0 Å². The molecule has 18 heavy (non-hydrogen) atoms. The van der Waals surface area contributed by atoms with E-state index in [4.69, 9.17) is 10.5 Å². The molecule has 0 aromatic rings. The third kappa shape index (κ3) is 2.01. The molecule has 1 unspecified atom stereocenters. The lowest BCUT2D eigenvalue weighted by Gasteiger charge is -2.28. The largest absolute Gasteiger partial charge is 0.388 e. The minimum absolute atomic E-state index is 0.108. The minimum Gasteiger partial charge on any atom is -0.388 e. The Labute approximate surface area is 105 Å². The summed E-state index contributed by atoms with van der Waals surface area (Å²) < 4.78 is 5.50. The van der Waals surface area contributed by atoms with Crippen molar-refractivity contribution < 1.29 is 19.7 Å². The number of aliphatic hydroxyl groups excluding tert-OH is 2. The molecule has 2 aliphatic rings. The van der Waals surface area contributed by atoms with Crippen LogP contribution in [-0.2, 0) is 4.74 Å². The summed E-state index contributed by atoms with van der Waals surface area (Å²) in [6.45, 7) is 3.81. The lowest BCUT2D eigenvalue weighted by atomic mass is 9.99. The van der Waals surface area contributed by atoms with Crippen LogP contribution in [0.1, 0.15) is 0 Å². The number of amides is 2. The number of carbonyl (C=O) groups excluding carboxylic acids is 1. The van der Waals surface area contributed by atoms with Crippen LogP contribution in [0.4, 0.5) is 4.79 Å². The highest BCUT2D eigenvalue weighted by atomic mass is 16.5. The van der Waals surface area contributed by atoms with Gasteiger partial charge in [0.15, 0.2) is 0 Å². The highest BCUT2D eigenvalue weighted by Crippen LogP contribution is 2.30. The van der Waals surface area contributed by atoms with Crippen molar-refractivity contribution in [2.75, 3.05) is 13.6 Å². The van der Waals surface area contributed by atoms with E-state index < -0.39 is 24.4 Å². The quantitative estimate of drug-likeness (QED) is 0.479. The normalized spacial score (nSPS) is 36.7. The molecule has 2 heterocycles.